The first-order valence-electron chi connectivity index (χ1n) is 7.87. The van der Waals surface area contributed by atoms with Crippen molar-refractivity contribution in [1.82, 2.24) is 14.8 Å². The molecule has 1 amide bonds. The van der Waals surface area contributed by atoms with Crippen molar-refractivity contribution in [3.63, 3.8) is 0 Å². The molecule has 2 aromatic heterocycles. The fourth-order valence-electron chi connectivity index (χ4n) is 2.21. The lowest BCUT2D eigenvalue weighted by Crippen LogP contribution is -2.16. The maximum atomic E-state index is 12.3. The van der Waals surface area contributed by atoms with Gasteiger partial charge in [-0.15, -0.1) is 11.8 Å². The van der Waals surface area contributed by atoms with E-state index >= 15 is 0 Å². The number of benzene rings is 1. The third-order valence-electron chi connectivity index (χ3n) is 3.29. The van der Waals surface area contributed by atoms with E-state index in [1.807, 2.05) is 43.3 Å². The lowest BCUT2D eigenvalue weighted by molar-refractivity contribution is -0.113. The van der Waals surface area contributed by atoms with Crippen LogP contribution >= 0.6 is 11.8 Å². The Morgan fingerprint density at radius 1 is 1.20 bits per heavy atom. The number of nitrogens with zero attached hydrogens (tertiary/aromatic N) is 3. The molecule has 1 aromatic carbocycles. The van der Waals surface area contributed by atoms with Gasteiger partial charge in [-0.25, -0.2) is 9.67 Å². The molecule has 0 unspecified atom stereocenters. The van der Waals surface area contributed by atoms with Crippen LogP contribution in [-0.4, -0.2) is 33.0 Å². The van der Waals surface area contributed by atoms with E-state index in [4.69, 9.17) is 4.74 Å². The van der Waals surface area contributed by atoms with E-state index in [0.717, 1.165) is 10.6 Å². The van der Waals surface area contributed by atoms with Crippen LogP contribution in [0.25, 0.3) is 5.82 Å². The molecule has 0 atom stereocenters. The Morgan fingerprint density at radius 2 is 2.04 bits per heavy atom. The Morgan fingerprint density at radius 3 is 2.76 bits per heavy atom. The van der Waals surface area contributed by atoms with Gasteiger partial charge in [-0.1, -0.05) is 0 Å². The van der Waals surface area contributed by atoms with Gasteiger partial charge in [0.25, 0.3) is 0 Å². The van der Waals surface area contributed by atoms with Crippen LogP contribution in [0.3, 0.4) is 0 Å². The summed E-state index contributed by atoms with van der Waals surface area (Å²) < 4.78 is 7.03. The minimum Gasteiger partial charge on any atom is -0.494 e. The van der Waals surface area contributed by atoms with Crippen molar-refractivity contribution in [3.8, 4) is 11.6 Å². The number of ether oxygens (including phenoxy) is 1. The molecule has 0 spiro atoms. The molecule has 0 aliphatic rings. The van der Waals surface area contributed by atoms with Crippen LogP contribution < -0.4 is 10.1 Å². The van der Waals surface area contributed by atoms with Gasteiger partial charge in [-0.3, -0.25) is 4.79 Å². The molecule has 25 heavy (non-hydrogen) atoms. The van der Waals surface area contributed by atoms with Crippen LogP contribution in [0.2, 0.25) is 0 Å². The molecule has 6 nitrogen and oxygen atoms in total. The number of amides is 1. The van der Waals surface area contributed by atoms with E-state index in [9.17, 15) is 4.79 Å². The van der Waals surface area contributed by atoms with E-state index in [-0.39, 0.29) is 5.91 Å². The van der Waals surface area contributed by atoms with Gasteiger partial charge in [0.2, 0.25) is 5.91 Å². The van der Waals surface area contributed by atoms with Crippen LogP contribution in [0.5, 0.6) is 5.75 Å². The first-order valence-corrected chi connectivity index (χ1v) is 8.85. The van der Waals surface area contributed by atoms with Crippen LogP contribution in [-0.2, 0) is 4.79 Å². The molecule has 0 saturated carbocycles. The summed E-state index contributed by atoms with van der Waals surface area (Å²) in [5.74, 6) is 1.63. The Balaban J connectivity index is 1.60. The molecule has 0 bridgehead atoms. The second kappa shape index (κ2) is 8.34. The highest BCUT2D eigenvalue weighted by Gasteiger charge is 2.10. The van der Waals surface area contributed by atoms with Gasteiger partial charge >= 0.3 is 0 Å². The van der Waals surface area contributed by atoms with E-state index in [2.05, 4.69) is 15.4 Å². The smallest absolute Gasteiger partial charge is 0.234 e. The summed E-state index contributed by atoms with van der Waals surface area (Å²) in [7, 11) is 0. The zero-order valence-electron chi connectivity index (χ0n) is 13.8. The molecule has 1 N–H and O–H groups in total. The SMILES string of the molecule is CCOc1ccc(SCC(=O)Nc2cccnc2-n2cccn2)cc1. The highest BCUT2D eigenvalue weighted by atomic mass is 32.2. The quantitative estimate of drug-likeness (QED) is 0.659. The van der Waals surface area contributed by atoms with Gasteiger partial charge < -0.3 is 10.1 Å². The van der Waals surface area contributed by atoms with Gasteiger partial charge in [0.1, 0.15) is 5.75 Å². The molecule has 0 aliphatic heterocycles. The Bertz CT molecular complexity index is 819. The number of hydrogen-bond acceptors (Lipinski definition) is 5. The summed E-state index contributed by atoms with van der Waals surface area (Å²) in [6, 6.07) is 13.1. The van der Waals surface area contributed by atoms with E-state index < -0.39 is 0 Å². The highest BCUT2D eigenvalue weighted by molar-refractivity contribution is 8.00. The van der Waals surface area contributed by atoms with Crippen molar-refractivity contribution in [2.45, 2.75) is 11.8 Å². The van der Waals surface area contributed by atoms with Crippen LogP contribution in [0, 0.1) is 0 Å². The third-order valence-corrected chi connectivity index (χ3v) is 4.30. The van der Waals surface area contributed by atoms with Crippen LogP contribution in [0.1, 0.15) is 6.92 Å². The maximum absolute atomic E-state index is 12.3. The van der Waals surface area contributed by atoms with Crippen LogP contribution in [0.4, 0.5) is 5.69 Å². The molecule has 0 saturated heterocycles. The minimum atomic E-state index is -0.0970. The number of thioether (sulfide) groups is 1. The van der Waals surface area contributed by atoms with E-state index in [0.29, 0.717) is 23.9 Å². The molecule has 0 fully saturated rings. The monoisotopic (exact) mass is 354 g/mol. The summed E-state index contributed by atoms with van der Waals surface area (Å²) in [5, 5.41) is 7.05. The minimum absolute atomic E-state index is 0.0970. The van der Waals surface area contributed by atoms with Crippen LogP contribution in [0.15, 0.2) is 66.0 Å². The van der Waals surface area contributed by atoms with Crippen molar-refractivity contribution in [1.29, 1.82) is 0 Å². The van der Waals surface area contributed by atoms with Gasteiger partial charge in [-0.05, 0) is 49.4 Å². The van der Waals surface area contributed by atoms with E-state index in [1.165, 1.54) is 11.8 Å². The number of pyridine rings is 1. The predicted octanol–water partition coefficient (Wildman–Crippen LogP) is 3.40. The molecular weight excluding hydrogens is 336 g/mol. The Kier molecular flexibility index (Phi) is 5.69. The van der Waals surface area contributed by atoms with Crippen molar-refractivity contribution in [2.75, 3.05) is 17.7 Å². The molecule has 0 radical (unpaired) electrons. The largest absolute Gasteiger partial charge is 0.494 e. The number of carbonyl (C=O) groups excluding carboxylic acids is 1. The van der Waals surface area contributed by atoms with E-state index in [1.54, 1.807) is 29.3 Å². The molecule has 128 valence electrons. The number of aromatic nitrogens is 3. The lowest BCUT2D eigenvalue weighted by Gasteiger charge is -2.10. The van der Waals surface area contributed by atoms with Crippen molar-refractivity contribution >= 4 is 23.4 Å². The van der Waals surface area contributed by atoms with Gasteiger partial charge in [0.15, 0.2) is 5.82 Å². The number of carbonyl (C=O) groups is 1. The molecule has 2 heterocycles. The first-order chi connectivity index (χ1) is 12.3. The third kappa shape index (κ3) is 4.60. The number of hydrogen-bond donors (Lipinski definition) is 1. The molecule has 0 aliphatic carbocycles. The zero-order valence-corrected chi connectivity index (χ0v) is 14.6. The fourth-order valence-corrected chi connectivity index (χ4v) is 2.90. The summed E-state index contributed by atoms with van der Waals surface area (Å²) in [5.41, 5.74) is 0.628. The van der Waals surface area contributed by atoms with Gasteiger partial charge in [0.05, 0.1) is 18.0 Å². The number of anilines is 1. The van der Waals surface area contributed by atoms with Crippen molar-refractivity contribution < 1.29 is 9.53 Å². The summed E-state index contributed by atoms with van der Waals surface area (Å²) in [6.45, 7) is 2.58. The fraction of sp³-hybridized carbons (Fsp3) is 0.167. The second-order valence-corrected chi connectivity index (χ2v) is 6.12. The highest BCUT2D eigenvalue weighted by Crippen LogP contribution is 2.22. The molecule has 3 rings (SSSR count). The van der Waals surface area contributed by atoms with Crippen molar-refractivity contribution in [3.05, 3.63) is 61.1 Å². The number of nitrogens with one attached hydrogen (secondary N) is 1. The maximum Gasteiger partial charge on any atom is 0.234 e. The Labute approximate surface area is 150 Å². The van der Waals surface area contributed by atoms with Gasteiger partial charge in [-0.2, -0.15) is 5.10 Å². The zero-order chi connectivity index (χ0) is 17.5. The second-order valence-electron chi connectivity index (χ2n) is 5.07. The lowest BCUT2D eigenvalue weighted by atomic mass is 10.3. The normalized spacial score (nSPS) is 10.4. The average molecular weight is 354 g/mol. The summed E-state index contributed by atoms with van der Waals surface area (Å²) in [6.07, 6.45) is 5.12. The standard InChI is InChI=1S/C18H18N4O2S/c1-2-24-14-6-8-15(9-7-14)25-13-17(23)21-16-5-3-10-19-18(16)22-12-4-11-20-22/h3-12H,2,13H2,1H3,(H,21,23). The molecular formula is C18H18N4O2S. The van der Waals surface area contributed by atoms with Gasteiger partial charge in [0, 0.05) is 23.5 Å². The predicted molar refractivity (Wildman–Crippen MR) is 98.3 cm³/mol. The summed E-state index contributed by atoms with van der Waals surface area (Å²) >= 11 is 1.47. The molecule has 7 heteroatoms. The van der Waals surface area contributed by atoms with Crippen molar-refractivity contribution in [2.24, 2.45) is 0 Å². The number of rotatable bonds is 7. The summed E-state index contributed by atoms with van der Waals surface area (Å²) in [4.78, 5) is 17.6. The average Bonchev–Trinajstić information content (AvgIpc) is 3.16. The Hall–Kier alpha value is -2.80. The molecule has 3 aromatic rings. The topological polar surface area (TPSA) is 69.0 Å². The first kappa shape index (κ1) is 17.0.